The van der Waals surface area contributed by atoms with E-state index in [0.29, 0.717) is 6.42 Å². The molecule has 1 aliphatic rings. The lowest BCUT2D eigenvalue weighted by Gasteiger charge is -2.44. The van der Waals surface area contributed by atoms with Crippen LogP contribution in [0.15, 0.2) is 6.07 Å². The van der Waals surface area contributed by atoms with Crippen molar-refractivity contribution < 1.29 is 5.11 Å². The Morgan fingerprint density at radius 3 is 2.48 bits per heavy atom. The van der Waals surface area contributed by atoms with Gasteiger partial charge in [0.15, 0.2) is 0 Å². The highest BCUT2D eigenvalue weighted by Gasteiger charge is 2.35. The van der Waals surface area contributed by atoms with Crippen molar-refractivity contribution in [2.24, 2.45) is 0 Å². The molecule has 0 aliphatic carbocycles. The van der Waals surface area contributed by atoms with E-state index in [1.54, 1.807) is 0 Å². The van der Waals surface area contributed by atoms with Crippen molar-refractivity contribution in [2.45, 2.75) is 78.0 Å². The third-order valence-electron chi connectivity index (χ3n) is 4.96. The fourth-order valence-electron chi connectivity index (χ4n) is 3.25. The second-order valence-electron chi connectivity index (χ2n) is 6.72. The van der Waals surface area contributed by atoms with Gasteiger partial charge in [-0.15, -0.1) is 0 Å². The first-order valence-electron chi connectivity index (χ1n) is 8.47. The van der Waals surface area contributed by atoms with E-state index in [-0.39, 0.29) is 11.6 Å². The molecule has 1 saturated heterocycles. The molecule has 1 fully saturated rings. The van der Waals surface area contributed by atoms with Gasteiger partial charge in [0.2, 0.25) is 0 Å². The summed E-state index contributed by atoms with van der Waals surface area (Å²) in [5.41, 5.74) is 2.11. The summed E-state index contributed by atoms with van der Waals surface area (Å²) >= 11 is 0. The summed E-state index contributed by atoms with van der Waals surface area (Å²) in [7, 11) is 0. The van der Waals surface area contributed by atoms with Crippen LogP contribution in [0.3, 0.4) is 0 Å². The fraction of sp³-hybridized carbons (Fsp3) is 0.824. The minimum atomic E-state index is -0.359. The number of hydrogen-bond donors (Lipinski definition) is 1. The Kier molecular flexibility index (Phi) is 5.44. The molecule has 0 bridgehead atoms. The van der Waals surface area contributed by atoms with E-state index in [9.17, 15) is 5.11 Å². The monoisotopic (exact) mass is 293 g/mol. The summed E-state index contributed by atoms with van der Waals surface area (Å²) in [6, 6.07) is 2.15. The summed E-state index contributed by atoms with van der Waals surface area (Å²) in [5, 5.41) is 15.4. The molecule has 21 heavy (non-hydrogen) atoms. The van der Waals surface area contributed by atoms with E-state index >= 15 is 0 Å². The van der Waals surface area contributed by atoms with Gasteiger partial charge >= 0.3 is 0 Å². The number of aryl methyl sites for hydroxylation is 2. The van der Waals surface area contributed by atoms with Crippen LogP contribution in [0.4, 0.5) is 0 Å². The molecule has 2 heterocycles. The van der Waals surface area contributed by atoms with Gasteiger partial charge in [0.25, 0.3) is 0 Å². The van der Waals surface area contributed by atoms with Crippen molar-refractivity contribution in [1.82, 2.24) is 14.7 Å². The second kappa shape index (κ2) is 6.93. The highest BCUT2D eigenvalue weighted by Crippen LogP contribution is 2.26. The molecule has 0 spiro atoms. The first-order valence-corrected chi connectivity index (χ1v) is 8.47. The van der Waals surface area contributed by atoms with Crippen molar-refractivity contribution in [2.75, 3.05) is 13.1 Å². The maximum absolute atomic E-state index is 10.8. The lowest BCUT2D eigenvalue weighted by molar-refractivity contribution is -0.0195. The summed E-state index contributed by atoms with van der Waals surface area (Å²) in [4.78, 5) is 2.45. The Labute approximate surface area is 129 Å². The zero-order valence-corrected chi connectivity index (χ0v) is 14.1. The van der Waals surface area contributed by atoms with E-state index in [0.717, 1.165) is 37.4 Å². The molecular formula is C17H31N3O. The van der Waals surface area contributed by atoms with Crippen LogP contribution in [0.5, 0.6) is 0 Å². The SMILES string of the molecule is CCc1cc(CC(O)C(C)(C)N2CCCCC2)n(CC)n1. The van der Waals surface area contributed by atoms with Gasteiger partial charge in [0, 0.05) is 24.2 Å². The molecule has 2 rings (SSSR count). The zero-order valence-electron chi connectivity index (χ0n) is 14.1. The van der Waals surface area contributed by atoms with Gasteiger partial charge in [-0.3, -0.25) is 9.58 Å². The number of likely N-dealkylation sites (tertiary alicyclic amines) is 1. The lowest BCUT2D eigenvalue weighted by atomic mass is 9.89. The number of piperidine rings is 1. The molecule has 1 N–H and O–H groups in total. The van der Waals surface area contributed by atoms with Crippen LogP contribution >= 0.6 is 0 Å². The van der Waals surface area contributed by atoms with Gasteiger partial charge in [-0.25, -0.2) is 0 Å². The normalized spacial score (nSPS) is 18.9. The summed E-state index contributed by atoms with van der Waals surface area (Å²) < 4.78 is 2.04. The molecule has 0 saturated carbocycles. The molecule has 4 nitrogen and oxygen atoms in total. The smallest absolute Gasteiger partial charge is 0.0773 e. The maximum atomic E-state index is 10.8. The highest BCUT2D eigenvalue weighted by molar-refractivity contribution is 5.13. The van der Waals surface area contributed by atoms with Crippen LogP contribution < -0.4 is 0 Å². The molecule has 0 aromatic carbocycles. The maximum Gasteiger partial charge on any atom is 0.0773 e. The fourth-order valence-corrected chi connectivity index (χ4v) is 3.25. The molecule has 1 unspecified atom stereocenters. The van der Waals surface area contributed by atoms with E-state index in [2.05, 4.69) is 43.8 Å². The number of aromatic nitrogens is 2. The highest BCUT2D eigenvalue weighted by atomic mass is 16.3. The number of nitrogens with zero attached hydrogens (tertiary/aromatic N) is 3. The van der Waals surface area contributed by atoms with Crippen molar-refractivity contribution in [3.63, 3.8) is 0 Å². The quantitative estimate of drug-likeness (QED) is 0.876. The van der Waals surface area contributed by atoms with Crippen molar-refractivity contribution in [3.05, 3.63) is 17.5 Å². The summed E-state index contributed by atoms with van der Waals surface area (Å²) in [6.07, 6.45) is 5.11. The molecule has 4 heteroatoms. The van der Waals surface area contributed by atoms with Gasteiger partial charge in [-0.1, -0.05) is 13.3 Å². The average Bonchev–Trinajstić information content (AvgIpc) is 2.90. The summed E-state index contributed by atoms with van der Waals surface area (Å²) in [5.74, 6) is 0. The zero-order chi connectivity index (χ0) is 15.5. The molecule has 0 amide bonds. The third kappa shape index (κ3) is 3.67. The van der Waals surface area contributed by atoms with Crippen molar-refractivity contribution in [3.8, 4) is 0 Å². The third-order valence-corrected chi connectivity index (χ3v) is 4.96. The number of hydrogen-bond acceptors (Lipinski definition) is 3. The molecule has 1 atom stereocenters. The topological polar surface area (TPSA) is 41.3 Å². The van der Waals surface area contributed by atoms with E-state index < -0.39 is 0 Å². The number of aliphatic hydroxyl groups is 1. The van der Waals surface area contributed by atoms with Gasteiger partial charge < -0.3 is 5.11 Å². The van der Waals surface area contributed by atoms with Gasteiger partial charge in [0.1, 0.15) is 0 Å². The van der Waals surface area contributed by atoms with Crippen LogP contribution in [0.1, 0.15) is 58.3 Å². The minimum Gasteiger partial charge on any atom is -0.391 e. The number of aliphatic hydroxyl groups excluding tert-OH is 1. The molecule has 1 aromatic rings. The van der Waals surface area contributed by atoms with Crippen molar-refractivity contribution >= 4 is 0 Å². The first kappa shape index (κ1) is 16.5. The molecule has 1 aromatic heterocycles. The minimum absolute atomic E-state index is 0.171. The van der Waals surface area contributed by atoms with Crippen LogP contribution in [-0.4, -0.2) is 44.5 Å². The average molecular weight is 293 g/mol. The van der Waals surface area contributed by atoms with Crippen molar-refractivity contribution in [1.29, 1.82) is 0 Å². The van der Waals surface area contributed by atoms with Gasteiger partial charge in [0.05, 0.1) is 11.8 Å². The van der Waals surface area contributed by atoms with Crippen LogP contribution in [0, 0.1) is 0 Å². The van der Waals surface area contributed by atoms with Gasteiger partial charge in [-0.05, 0) is 59.2 Å². The number of rotatable bonds is 6. The van der Waals surface area contributed by atoms with Crippen LogP contribution in [-0.2, 0) is 19.4 Å². The standard InChI is InChI=1S/C17H31N3O/c1-5-14-12-15(20(6-2)18-14)13-16(21)17(3,4)19-10-8-7-9-11-19/h12,16,21H,5-11,13H2,1-4H3. The first-order chi connectivity index (χ1) is 9.98. The largest absolute Gasteiger partial charge is 0.391 e. The molecular weight excluding hydrogens is 262 g/mol. The predicted molar refractivity (Wildman–Crippen MR) is 86.5 cm³/mol. The predicted octanol–water partition coefficient (Wildman–Crippen LogP) is 2.63. The summed E-state index contributed by atoms with van der Waals surface area (Å²) in [6.45, 7) is 11.7. The van der Waals surface area contributed by atoms with Crippen LogP contribution in [0.25, 0.3) is 0 Å². The molecule has 120 valence electrons. The lowest BCUT2D eigenvalue weighted by Crippen LogP contribution is -2.55. The Morgan fingerprint density at radius 1 is 1.24 bits per heavy atom. The molecule has 0 radical (unpaired) electrons. The Balaban J connectivity index is 2.08. The van der Waals surface area contributed by atoms with E-state index in [1.165, 1.54) is 19.3 Å². The van der Waals surface area contributed by atoms with E-state index in [1.807, 2.05) is 4.68 Å². The Bertz CT molecular complexity index is 447. The molecule has 1 aliphatic heterocycles. The second-order valence-corrected chi connectivity index (χ2v) is 6.72. The Morgan fingerprint density at radius 2 is 1.90 bits per heavy atom. The van der Waals surface area contributed by atoms with Gasteiger partial charge in [-0.2, -0.15) is 5.10 Å². The van der Waals surface area contributed by atoms with Crippen LogP contribution in [0.2, 0.25) is 0 Å². The van der Waals surface area contributed by atoms with E-state index in [4.69, 9.17) is 0 Å². The Hall–Kier alpha value is -0.870.